The van der Waals surface area contributed by atoms with Crippen molar-refractivity contribution < 1.29 is 14.2 Å². The van der Waals surface area contributed by atoms with E-state index in [-0.39, 0.29) is 6.10 Å². The summed E-state index contributed by atoms with van der Waals surface area (Å²) >= 11 is 0. The zero-order valence-corrected chi connectivity index (χ0v) is 24.1. The first kappa shape index (κ1) is 27.9. The van der Waals surface area contributed by atoms with E-state index in [4.69, 9.17) is 14.2 Å². The SMILES string of the molecule is CN1CCN(CCCOc2cnc(N[C@H]3CC[C@@H](Oc4cc(N5CCOCC5)cc5nccnc45)CC3)nc2)CC1. The quantitative estimate of drug-likeness (QED) is 0.369. The maximum absolute atomic E-state index is 6.56. The first-order chi connectivity index (χ1) is 20.2. The summed E-state index contributed by atoms with van der Waals surface area (Å²) in [6.45, 7) is 9.55. The van der Waals surface area contributed by atoms with Crippen molar-refractivity contribution in [2.75, 3.05) is 82.9 Å². The van der Waals surface area contributed by atoms with Gasteiger partial charge in [-0.3, -0.25) is 4.98 Å². The van der Waals surface area contributed by atoms with Crippen molar-refractivity contribution >= 4 is 22.7 Å². The Hall–Kier alpha value is -3.28. The number of benzene rings is 1. The molecular formula is C30H42N8O3. The van der Waals surface area contributed by atoms with Crippen LogP contribution in [0.5, 0.6) is 11.5 Å². The number of hydrogen-bond acceptors (Lipinski definition) is 11. The molecule has 1 saturated carbocycles. The third kappa shape index (κ3) is 7.52. The van der Waals surface area contributed by atoms with Crippen LogP contribution in [0.3, 0.4) is 0 Å². The molecule has 0 radical (unpaired) electrons. The summed E-state index contributed by atoms with van der Waals surface area (Å²) in [6, 6.07) is 4.55. The Balaban J connectivity index is 0.960. The minimum atomic E-state index is 0.140. The van der Waals surface area contributed by atoms with Gasteiger partial charge in [-0.2, -0.15) is 0 Å². The largest absolute Gasteiger partial charge is 0.490 e. The van der Waals surface area contributed by atoms with E-state index in [9.17, 15) is 0 Å². The minimum Gasteiger partial charge on any atom is -0.490 e. The molecule has 0 amide bonds. The van der Waals surface area contributed by atoms with E-state index in [2.05, 4.69) is 59.1 Å². The van der Waals surface area contributed by atoms with Gasteiger partial charge in [0, 0.05) is 76.0 Å². The fraction of sp³-hybridized carbons (Fsp3) is 0.600. The standard InChI is InChI=1S/C30H42N8O3/c1-36-10-12-37(13-11-36)9-2-16-40-26-21-33-30(34-22-26)35-23-3-5-25(6-4-23)41-28-20-24(38-14-17-39-18-15-38)19-27-29(28)32-8-7-31-27/h7-8,19-23,25H,2-6,9-18H2,1H3,(H,33,34,35)/t23-,25+. The fourth-order valence-electron chi connectivity index (χ4n) is 5.82. The van der Waals surface area contributed by atoms with Crippen LogP contribution in [0.1, 0.15) is 32.1 Å². The predicted octanol–water partition coefficient (Wildman–Crippen LogP) is 3.07. The molecule has 11 heteroatoms. The molecule has 0 unspecified atom stereocenters. The molecule has 3 fully saturated rings. The zero-order valence-electron chi connectivity index (χ0n) is 24.1. The van der Waals surface area contributed by atoms with Crippen LogP contribution in [-0.4, -0.2) is 115 Å². The monoisotopic (exact) mass is 562 g/mol. The fourth-order valence-corrected chi connectivity index (χ4v) is 5.82. The Labute approximate surface area is 242 Å². The molecule has 2 aliphatic heterocycles. The van der Waals surface area contributed by atoms with Crippen LogP contribution in [0.2, 0.25) is 0 Å². The lowest BCUT2D eigenvalue weighted by Gasteiger charge is -2.32. The number of piperazine rings is 1. The lowest BCUT2D eigenvalue weighted by Crippen LogP contribution is -2.44. The van der Waals surface area contributed by atoms with Crippen LogP contribution in [0.25, 0.3) is 11.0 Å². The third-order valence-electron chi connectivity index (χ3n) is 8.31. The van der Waals surface area contributed by atoms with Gasteiger partial charge in [0.25, 0.3) is 0 Å². The van der Waals surface area contributed by atoms with Gasteiger partial charge in [0.2, 0.25) is 5.95 Å². The number of morpholine rings is 1. The molecule has 41 heavy (non-hydrogen) atoms. The van der Waals surface area contributed by atoms with Gasteiger partial charge in [-0.25, -0.2) is 15.0 Å². The normalized spacial score (nSPS) is 22.5. The summed E-state index contributed by atoms with van der Waals surface area (Å²) in [7, 11) is 2.18. The number of ether oxygens (including phenoxy) is 3. The summed E-state index contributed by atoms with van der Waals surface area (Å²) < 4.78 is 18.0. The van der Waals surface area contributed by atoms with E-state index in [0.29, 0.717) is 18.6 Å². The molecule has 11 nitrogen and oxygen atoms in total. The molecule has 0 atom stereocenters. The molecule has 220 valence electrons. The van der Waals surface area contributed by atoms with Crippen LogP contribution in [0.4, 0.5) is 11.6 Å². The van der Waals surface area contributed by atoms with Crippen LogP contribution in [-0.2, 0) is 4.74 Å². The second-order valence-electron chi connectivity index (χ2n) is 11.3. The Kier molecular flexibility index (Phi) is 9.24. The highest BCUT2D eigenvalue weighted by atomic mass is 16.5. The van der Waals surface area contributed by atoms with Gasteiger partial charge >= 0.3 is 0 Å². The summed E-state index contributed by atoms with van der Waals surface area (Å²) in [4.78, 5) is 25.4. The first-order valence-electron chi connectivity index (χ1n) is 15.1. The Bertz CT molecular complexity index is 1240. The molecule has 1 aliphatic carbocycles. The van der Waals surface area contributed by atoms with Crippen LogP contribution >= 0.6 is 0 Å². The number of rotatable bonds is 10. The van der Waals surface area contributed by atoms with Crippen molar-refractivity contribution in [3.8, 4) is 11.5 Å². The van der Waals surface area contributed by atoms with Crippen molar-refractivity contribution in [2.45, 2.75) is 44.2 Å². The first-order valence-corrected chi connectivity index (χ1v) is 15.1. The molecule has 6 rings (SSSR count). The third-order valence-corrected chi connectivity index (χ3v) is 8.31. The van der Waals surface area contributed by atoms with Gasteiger partial charge in [-0.15, -0.1) is 0 Å². The van der Waals surface area contributed by atoms with Crippen molar-refractivity contribution in [1.82, 2.24) is 29.7 Å². The Morgan fingerprint density at radius 1 is 0.902 bits per heavy atom. The molecule has 1 aromatic carbocycles. The van der Waals surface area contributed by atoms with Gasteiger partial charge in [0.1, 0.15) is 11.3 Å². The average molecular weight is 563 g/mol. The van der Waals surface area contributed by atoms with E-state index in [1.54, 1.807) is 24.8 Å². The topological polar surface area (TPSA) is 101 Å². The summed E-state index contributed by atoms with van der Waals surface area (Å²) in [5.74, 6) is 2.19. The molecule has 1 N–H and O–H groups in total. The van der Waals surface area contributed by atoms with Crippen molar-refractivity contribution in [2.24, 2.45) is 0 Å². The number of nitrogens with zero attached hydrogens (tertiary/aromatic N) is 7. The maximum Gasteiger partial charge on any atom is 0.223 e. The second kappa shape index (κ2) is 13.6. The highest BCUT2D eigenvalue weighted by Crippen LogP contribution is 2.33. The average Bonchev–Trinajstić information content (AvgIpc) is 3.02. The molecule has 3 aromatic rings. The summed E-state index contributed by atoms with van der Waals surface area (Å²) in [6.07, 6.45) is 12.1. The van der Waals surface area contributed by atoms with Gasteiger partial charge in [0.05, 0.1) is 43.8 Å². The molecular weight excluding hydrogens is 520 g/mol. The number of aromatic nitrogens is 4. The van der Waals surface area contributed by atoms with Crippen molar-refractivity contribution in [1.29, 1.82) is 0 Å². The Morgan fingerprint density at radius 2 is 1.66 bits per heavy atom. The van der Waals surface area contributed by atoms with Crippen LogP contribution in [0, 0.1) is 0 Å². The van der Waals surface area contributed by atoms with Gasteiger partial charge in [-0.05, 0) is 45.2 Å². The smallest absolute Gasteiger partial charge is 0.223 e. The van der Waals surface area contributed by atoms with Crippen LogP contribution < -0.4 is 19.7 Å². The van der Waals surface area contributed by atoms with E-state index < -0.39 is 0 Å². The van der Waals surface area contributed by atoms with Gasteiger partial charge in [-0.1, -0.05) is 0 Å². The lowest BCUT2D eigenvalue weighted by molar-refractivity contribution is 0.122. The number of fused-ring (bicyclic) bond motifs is 1. The highest BCUT2D eigenvalue weighted by molar-refractivity contribution is 5.85. The second-order valence-corrected chi connectivity index (χ2v) is 11.3. The number of anilines is 2. The Morgan fingerprint density at radius 3 is 2.44 bits per heavy atom. The number of hydrogen-bond donors (Lipinski definition) is 1. The van der Waals surface area contributed by atoms with E-state index in [1.807, 2.05) is 0 Å². The molecule has 0 spiro atoms. The van der Waals surface area contributed by atoms with Gasteiger partial charge < -0.3 is 34.2 Å². The van der Waals surface area contributed by atoms with E-state index in [0.717, 1.165) is 119 Å². The number of nitrogens with one attached hydrogen (secondary N) is 1. The zero-order chi connectivity index (χ0) is 27.9. The molecule has 4 heterocycles. The lowest BCUT2D eigenvalue weighted by atomic mass is 9.93. The summed E-state index contributed by atoms with van der Waals surface area (Å²) in [5.41, 5.74) is 2.80. The van der Waals surface area contributed by atoms with Crippen molar-refractivity contribution in [3.05, 3.63) is 36.9 Å². The van der Waals surface area contributed by atoms with Crippen LogP contribution in [0.15, 0.2) is 36.9 Å². The summed E-state index contributed by atoms with van der Waals surface area (Å²) in [5, 5.41) is 3.50. The molecule has 2 aromatic heterocycles. The molecule has 0 bridgehead atoms. The minimum absolute atomic E-state index is 0.140. The van der Waals surface area contributed by atoms with Gasteiger partial charge in [0.15, 0.2) is 5.75 Å². The predicted molar refractivity (Wildman–Crippen MR) is 159 cm³/mol. The van der Waals surface area contributed by atoms with Crippen molar-refractivity contribution in [3.63, 3.8) is 0 Å². The highest BCUT2D eigenvalue weighted by Gasteiger charge is 2.25. The molecule has 3 aliphatic rings. The van der Waals surface area contributed by atoms with E-state index in [1.165, 1.54) is 0 Å². The molecule has 2 saturated heterocycles. The maximum atomic E-state index is 6.56. The number of likely N-dealkylation sites (N-methyl/N-ethyl adjacent to an activating group) is 1. The van der Waals surface area contributed by atoms with E-state index >= 15 is 0 Å².